The third-order valence-electron chi connectivity index (χ3n) is 3.76. The SMILES string of the molecule is CC(C)NC(CO)(COC(C)C(C)C)C1CC1. The van der Waals surface area contributed by atoms with Crippen molar-refractivity contribution in [1.82, 2.24) is 5.32 Å². The van der Waals surface area contributed by atoms with Gasteiger partial charge in [-0.15, -0.1) is 0 Å². The van der Waals surface area contributed by atoms with Crippen LogP contribution in [-0.2, 0) is 4.74 Å². The molecule has 2 unspecified atom stereocenters. The zero-order valence-corrected chi connectivity index (χ0v) is 12.0. The Kier molecular flexibility index (Phi) is 5.42. The van der Waals surface area contributed by atoms with Crippen LogP contribution in [0.5, 0.6) is 0 Å². The predicted octanol–water partition coefficient (Wildman–Crippen LogP) is 2.19. The maximum absolute atomic E-state index is 9.74. The Morgan fingerprint density at radius 2 is 1.82 bits per heavy atom. The summed E-state index contributed by atoms with van der Waals surface area (Å²) in [6.07, 6.45) is 2.66. The van der Waals surface area contributed by atoms with Gasteiger partial charge in [0.2, 0.25) is 0 Å². The maximum Gasteiger partial charge on any atom is 0.0681 e. The minimum Gasteiger partial charge on any atom is -0.394 e. The summed E-state index contributed by atoms with van der Waals surface area (Å²) in [6.45, 7) is 11.5. The highest BCUT2D eigenvalue weighted by molar-refractivity contribution is 5.01. The molecule has 0 heterocycles. The molecule has 3 nitrogen and oxygen atoms in total. The van der Waals surface area contributed by atoms with Crippen LogP contribution >= 0.6 is 0 Å². The van der Waals surface area contributed by atoms with Gasteiger partial charge in [0, 0.05) is 6.04 Å². The van der Waals surface area contributed by atoms with Gasteiger partial charge in [-0.3, -0.25) is 0 Å². The van der Waals surface area contributed by atoms with E-state index in [1.807, 2.05) is 0 Å². The lowest BCUT2D eigenvalue weighted by molar-refractivity contribution is -0.0305. The molecule has 2 N–H and O–H groups in total. The van der Waals surface area contributed by atoms with Crippen molar-refractivity contribution in [3.8, 4) is 0 Å². The van der Waals surface area contributed by atoms with E-state index in [1.165, 1.54) is 12.8 Å². The van der Waals surface area contributed by atoms with Crippen molar-refractivity contribution >= 4 is 0 Å². The molecule has 102 valence electrons. The summed E-state index contributed by atoms with van der Waals surface area (Å²) in [5.41, 5.74) is -0.225. The van der Waals surface area contributed by atoms with E-state index in [0.29, 0.717) is 24.5 Å². The highest BCUT2D eigenvalue weighted by Gasteiger charge is 2.45. The molecule has 0 aromatic carbocycles. The highest BCUT2D eigenvalue weighted by Crippen LogP contribution is 2.40. The summed E-state index contributed by atoms with van der Waals surface area (Å²) in [5.74, 6) is 1.10. The Morgan fingerprint density at radius 1 is 1.24 bits per heavy atom. The summed E-state index contributed by atoms with van der Waals surface area (Å²) in [4.78, 5) is 0. The van der Waals surface area contributed by atoms with Gasteiger partial charge in [-0.1, -0.05) is 27.7 Å². The first-order valence-corrected chi connectivity index (χ1v) is 6.91. The first-order chi connectivity index (χ1) is 7.91. The lowest BCUT2D eigenvalue weighted by atomic mass is 9.94. The molecule has 3 heteroatoms. The van der Waals surface area contributed by atoms with Crippen LogP contribution in [0.25, 0.3) is 0 Å². The van der Waals surface area contributed by atoms with Crippen molar-refractivity contribution < 1.29 is 9.84 Å². The van der Waals surface area contributed by atoms with E-state index in [4.69, 9.17) is 4.74 Å². The van der Waals surface area contributed by atoms with Gasteiger partial charge in [-0.2, -0.15) is 0 Å². The third kappa shape index (κ3) is 4.23. The summed E-state index contributed by atoms with van der Waals surface area (Å²) in [6, 6.07) is 0.376. The molecule has 0 amide bonds. The average Bonchev–Trinajstić information content (AvgIpc) is 3.07. The van der Waals surface area contributed by atoms with Gasteiger partial charge in [0.15, 0.2) is 0 Å². The van der Waals surface area contributed by atoms with E-state index < -0.39 is 0 Å². The molecule has 0 spiro atoms. The van der Waals surface area contributed by atoms with Gasteiger partial charge in [-0.05, 0) is 31.6 Å². The van der Waals surface area contributed by atoms with E-state index in [9.17, 15) is 5.11 Å². The normalized spacial score (nSPS) is 21.9. The Bertz CT molecular complexity index is 226. The molecule has 1 rings (SSSR count). The molecule has 1 aliphatic rings. The van der Waals surface area contributed by atoms with E-state index in [2.05, 4.69) is 39.9 Å². The first-order valence-electron chi connectivity index (χ1n) is 6.91. The molecule has 17 heavy (non-hydrogen) atoms. The number of aliphatic hydroxyl groups is 1. The smallest absolute Gasteiger partial charge is 0.0681 e. The van der Waals surface area contributed by atoms with Crippen LogP contribution in [0.2, 0.25) is 0 Å². The van der Waals surface area contributed by atoms with Gasteiger partial charge in [0.05, 0.1) is 24.9 Å². The largest absolute Gasteiger partial charge is 0.394 e. The van der Waals surface area contributed by atoms with E-state index in [-0.39, 0.29) is 18.2 Å². The minimum absolute atomic E-state index is 0.167. The zero-order valence-electron chi connectivity index (χ0n) is 12.0. The fraction of sp³-hybridized carbons (Fsp3) is 1.00. The van der Waals surface area contributed by atoms with Crippen LogP contribution in [-0.4, -0.2) is 36.0 Å². The monoisotopic (exact) mass is 243 g/mol. The lowest BCUT2D eigenvalue weighted by Crippen LogP contribution is -2.57. The number of ether oxygens (including phenoxy) is 1. The van der Waals surface area contributed by atoms with Gasteiger partial charge in [0.1, 0.15) is 0 Å². The molecule has 0 saturated heterocycles. The Morgan fingerprint density at radius 3 is 2.18 bits per heavy atom. The molecule has 2 atom stereocenters. The second-order valence-corrected chi connectivity index (χ2v) is 6.15. The third-order valence-corrected chi connectivity index (χ3v) is 3.76. The molecule has 0 radical (unpaired) electrons. The number of hydrogen-bond acceptors (Lipinski definition) is 3. The fourth-order valence-electron chi connectivity index (χ4n) is 2.18. The molecule has 0 aliphatic heterocycles. The first kappa shape index (κ1) is 14.9. The number of aliphatic hydroxyl groups excluding tert-OH is 1. The second kappa shape index (κ2) is 6.17. The van der Waals surface area contributed by atoms with Crippen LogP contribution in [0.1, 0.15) is 47.5 Å². The van der Waals surface area contributed by atoms with Gasteiger partial charge >= 0.3 is 0 Å². The minimum atomic E-state index is -0.225. The fourth-order valence-corrected chi connectivity index (χ4v) is 2.18. The van der Waals surface area contributed by atoms with Crippen LogP contribution in [0.3, 0.4) is 0 Å². The topological polar surface area (TPSA) is 41.5 Å². The van der Waals surface area contributed by atoms with Crippen molar-refractivity contribution in [1.29, 1.82) is 0 Å². The van der Waals surface area contributed by atoms with Crippen molar-refractivity contribution in [3.63, 3.8) is 0 Å². The highest BCUT2D eigenvalue weighted by atomic mass is 16.5. The number of hydrogen-bond donors (Lipinski definition) is 2. The maximum atomic E-state index is 9.74. The van der Waals surface area contributed by atoms with Crippen LogP contribution in [0, 0.1) is 11.8 Å². The van der Waals surface area contributed by atoms with Gasteiger partial charge < -0.3 is 15.2 Å². The molecular weight excluding hydrogens is 214 g/mol. The van der Waals surface area contributed by atoms with Gasteiger partial charge in [-0.25, -0.2) is 0 Å². The molecule has 1 fully saturated rings. The summed E-state index contributed by atoms with van der Waals surface area (Å²) < 4.78 is 5.94. The molecule has 0 aromatic rings. The predicted molar refractivity (Wildman–Crippen MR) is 71.1 cm³/mol. The quantitative estimate of drug-likeness (QED) is 0.686. The van der Waals surface area contributed by atoms with Crippen LogP contribution in [0.15, 0.2) is 0 Å². The number of rotatable bonds is 8. The standard InChI is InChI=1S/C14H29NO2/c1-10(2)12(5)17-9-14(8-16,13-6-7-13)15-11(3)4/h10-13,15-16H,6-9H2,1-5H3. The summed E-state index contributed by atoms with van der Waals surface area (Å²) in [5, 5.41) is 13.3. The Labute approximate surface area is 106 Å². The van der Waals surface area contributed by atoms with E-state index >= 15 is 0 Å². The summed E-state index contributed by atoms with van der Waals surface area (Å²) in [7, 11) is 0. The molecule has 0 bridgehead atoms. The molecule has 1 aliphatic carbocycles. The molecule has 1 saturated carbocycles. The molecular formula is C14H29NO2. The van der Waals surface area contributed by atoms with Crippen LogP contribution in [0.4, 0.5) is 0 Å². The van der Waals surface area contributed by atoms with Crippen molar-refractivity contribution in [3.05, 3.63) is 0 Å². The van der Waals surface area contributed by atoms with E-state index in [0.717, 1.165) is 0 Å². The number of nitrogens with one attached hydrogen (secondary N) is 1. The lowest BCUT2D eigenvalue weighted by Gasteiger charge is -2.36. The average molecular weight is 243 g/mol. The Balaban J connectivity index is 2.56. The zero-order chi connectivity index (χ0) is 13.1. The van der Waals surface area contributed by atoms with E-state index in [1.54, 1.807) is 0 Å². The van der Waals surface area contributed by atoms with Gasteiger partial charge in [0.25, 0.3) is 0 Å². The second-order valence-electron chi connectivity index (χ2n) is 6.15. The van der Waals surface area contributed by atoms with Crippen molar-refractivity contribution in [2.45, 2.75) is 65.1 Å². The van der Waals surface area contributed by atoms with Crippen molar-refractivity contribution in [2.75, 3.05) is 13.2 Å². The summed E-state index contributed by atoms with van der Waals surface area (Å²) >= 11 is 0. The Hall–Kier alpha value is -0.120. The van der Waals surface area contributed by atoms with Crippen molar-refractivity contribution in [2.24, 2.45) is 11.8 Å². The molecule has 0 aromatic heterocycles. The van der Waals surface area contributed by atoms with Crippen LogP contribution < -0.4 is 5.32 Å².